The molecule has 0 aromatic carbocycles. The summed E-state index contributed by atoms with van der Waals surface area (Å²) in [7, 11) is 1.75. The first-order valence-corrected chi connectivity index (χ1v) is 5.63. The zero-order valence-corrected chi connectivity index (χ0v) is 10.6. The minimum absolute atomic E-state index is 0.0135. The molecular weight excluding hydrogens is 220 g/mol. The summed E-state index contributed by atoms with van der Waals surface area (Å²) in [6, 6.07) is 1.66. The van der Waals surface area contributed by atoms with E-state index >= 15 is 0 Å². The van der Waals surface area contributed by atoms with Gasteiger partial charge in [0.1, 0.15) is 12.4 Å². The molecule has 0 radical (unpaired) electrons. The van der Waals surface area contributed by atoms with Crippen LogP contribution in [0.5, 0.6) is 0 Å². The number of ether oxygens (including phenoxy) is 1. The molecule has 0 fully saturated rings. The molecule has 0 aliphatic heterocycles. The Kier molecular flexibility index (Phi) is 4.96. The van der Waals surface area contributed by atoms with E-state index in [2.05, 4.69) is 5.10 Å². The standard InChI is InChI=1S/C11H20N4O2/c1-9(2)17-7-6-14(3)11(16)8-15-5-4-10(12)13-15/h4-5,9H,6-8H2,1-3H3,(H2,12,13). The lowest BCUT2D eigenvalue weighted by Crippen LogP contribution is -2.33. The topological polar surface area (TPSA) is 73.4 Å². The van der Waals surface area contributed by atoms with Crippen LogP contribution in [-0.2, 0) is 16.1 Å². The van der Waals surface area contributed by atoms with Crippen LogP contribution in [0.1, 0.15) is 13.8 Å². The summed E-state index contributed by atoms with van der Waals surface area (Å²) >= 11 is 0. The van der Waals surface area contributed by atoms with Crippen molar-refractivity contribution in [1.82, 2.24) is 14.7 Å². The first-order chi connectivity index (χ1) is 7.99. The average Bonchev–Trinajstić information content (AvgIpc) is 2.63. The molecule has 1 aromatic rings. The predicted octanol–water partition coefficient (Wildman–Crippen LogP) is 0.349. The van der Waals surface area contributed by atoms with E-state index in [1.807, 2.05) is 13.8 Å². The van der Waals surface area contributed by atoms with Crippen LogP contribution in [0.15, 0.2) is 12.3 Å². The molecule has 0 spiro atoms. The molecule has 0 saturated heterocycles. The van der Waals surface area contributed by atoms with Crippen molar-refractivity contribution >= 4 is 11.7 Å². The normalized spacial score (nSPS) is 10.8. The monoisotopic (exact) mass is 240 g/mol. The van der Waals surface area contributed by atoms with Gasteiger partial charge in [0.2, 0.25) is 5.91 Å². The molecule has 0 atom stereocenters. The lowest BCUT2D eigenvalue weighted by atomic mass is 10.4. The molecular formula is C11H20N4O2. The molecule has 6 heteroatoms. The van der Waals surface area contributed by atoms with Crippen LogP contribution in [0.3, 0.4) is 0 Å². The molecule has 6 nitrogen and oxygen atoms in total. The van der Waals surface area contributed by atoms with Crippen molar-refractivity contribution in [3.05, 3.63) is 12.3 Å². The lowest BCUT2D eigenvalue weighted by Gasteiger charge is -2.18. The fourth-order valence-electron chi connectivity index (χ4n) is 1.27. The summed E-state index contributed by atoms with van der Waals surface area (Å²) in [5, 5.41) is 3.96. The third kappa shape index (κ3) is 4.86. The Hall–Kier alpha value is -1.56. The first kappa shape index (κ1) is 13.5. The van der Waals surface area contributed by atoms with Crippen molar-refractivity contribution in [2.45, 2.75) is 26.5 Å². The number of aromatic nitrogens is 2. The number of rotatable bonds is 6. The van der Waals surface area contributed by atoms with Crippen LogP contribution < -0.4 is 5.73 Å². The molecule has 0 saturated carbocycles. The Morgan fingerprint density at radius 3 is 2.88 bits per heavy atom. The number of nitrogens with two attached hydrogens (primary N) is 1. The second-order valence-electron chi connectivity index (χ2n) is 4.17. The summed E-state index contributed by atoms with van der Waals surface area (Å²) in [5.41, 5.74) is 5.47. The van der Waals surface area contributed by atoms with E-state index in [9.17, 15) is 4.79 Å². The van der Waals surface area contributed by atoms with Crippen molar-refractivity contribution in [2.75, 3.05) is 25.9 Å². The van der Waals surface area contributed by atoms with Crippen LogP contribution >= 0.6 is 0 Å². The number of likely N-dealkylation sites (N-methyl/N-ethyl adjacent to an activating group) is 1. The molecule has 0 unspecified atom stereocenters. The Bertz CT molecular complexity index is 362. The number of carbonyl (C=O) groups is 1. The molecule has 0 aliphatic carbocycles. The van der Waals surface area contributed by atoms with Crippen molar-refractivity contribution in [1.29, 1.82) is 0 Å². The van der Waals surface area contributed by atoms with E-state index in [-0.39, 0.29) is 18.6 Å². The number of nitrogen functional groups attached to an aromatic ring is 1. The van der Waals surface area contributed by atoms with Crippen LogP contribution in [0.25, 0.3) is 0 Å². The molecule has 2 N–H and O–H groups in total. The van der Waals surface area contributed by atoms with Crippen molar-refractivity contribution in [2.24, 2.45) is 0 Å². The highest BCUT2D eigenvalue weighted by Gasteiger charge is 2.10. The fraction of sp³-hybridized carbons (Fsp3) is 0.636. The molecule has 1 aromatic heterocycles. The van der Waals surface area contributed by atoms with Crippen LogP contribution in [-0.4, -0.2) is 46.9 Å². The number of anilines is 1. The van der Waals surface area contributed by atoms with Crippen molar-refractivity contribution in [3.8, 4) is 0 Å². The highest BCUT2D eigenvalue weighted by Crippen LogP contribution is 1.97. The van der Waals surface area contributed by atoms with Gasteiger partial charge in [-0.15, -0.1) is 0 Å². The van der Waals surface area contributed by atoms with Gasteiger partial charge in [-0.25, -0.2) is 0 Å². The van der Waals surface area contributed by atoms with Gasteiger partial charge in [-0.3, -0.25) is 9.48 Å². The van der Waals surface area contributed by atoms with Gasteiger partial charge in [-0.1, -0.05) is 0 Å². The maximum Gasteiger partial charge on any atom is 0.244 e. The number of amides is 1. The second-order valence-corrected chi connectivity index (χ2v) is 4.17. The molecule has 96 valence electrons. The lowest BCUT2D eigenvalue weighted by molar-refractivity contribution is -0.131. The third-order valence-corrected chi connectivity index (χ3v) is 2.26. The fourth-order valence-corrected chi connectivity index (χ4v) is 1.27. The summed E-state index contributed by atoms with van der Waals surface area (Å²) in [6.07, 6.45) is 1.87. The molecule has 0 aliphatic rings. The number of nitrogens with zero attached hydrogens (tertiary/aromatic N) is 3. The maximum absolute atomic E-state index is 11.8. The van der Waals surface area contributed by atoms with E-state index < -0.39 is 0 Å². The van der Waals surface area contributed by atoms with Gasteiger partial charge >= 0.3 is 0 Å². The molecule has 1 heterocycles. The largest absolute Gasteiger partial charge is 0.382 e. The van der Waals surface area contributed by atoms with Gasteiger partial charge in [0.15, 0.2) is 0 Å². The van der Waals surface area contributed by atoms with Gasteiger partial charge in [-0.05, 0) is 19.9 Å². The van der Waals surface area contributed by atoms with E-state index in [1.165, 1.54) is 4.68 Å². The Morgan fingerprint density at radius 2 is 2.35 bits per heavy atom. The minimum Gasteiger partial charge on any atom is -0.382 e. The SMILES string of the molecule is CC(C)OCCN(C)C(=O)Cn1ccc(N)n1. The van der Waals surface area contributed by atoms with Crippen LogP contribution in [0.4, 0.5) is 5.82 Å². The zero-order valence-electron chi connectivity index (χ0n) is 10.6. The van der Waals surface area contributed by atoms with Gasteiger partial charge in [0.05, 0.1) is 12.7 Å². The van der Waals surface area contributed by atoms with E-state index in [0.29, 0.717) is 19.0 Å². The van der Waals surface area contributed by atoms with Gasteiger partial charge in [0, 0.05) is 19.8 Å². The number of hydrogen-bond donors (Lipinski definition) is 1. The minimum atomic E-state index is -0.0135. The summed E-state index contributed by atoms with van der Waals surface area (Å²) in [4.78, 5) is 13.4. The van der Waals surface area contributed by atoms with Crippen LogP contribution in [0.2, 0.25) is 0 Å². The summed E-state index contributed by atoms with van der Waals surface area (Å²) in [5.74, 6) is 0.407. The smallest absolute Gasteiger partial charge is 0.244 e. The third-order valence-electron chi connectivity index (χ3n) is 2.26. The Balaban J connectivity index is 2.32. The van der Waals surface area contributed by atoms with E-state index in [1.54, 1.807) is 24.2 Å². The Labute approximate surface area is 101 Å². The number of hydrogen-bond acceptors (Lipinski definition) is 4. The number of carbonyl (C=O) groups excluding carboxylic acids is 1. The molecule has 0 bridgehead atoms. The van der Waals surface area contributed by atoms with Crippen molar-refractivity contribution < 1.29 is 9.53 Å². The maximum atomic E-state index is 11.8. The summed E-state index contributed by atoms with van der Waals surface area (Å²) in [6.45, 7) is 5.26. The van der Waals surface area contributed by atoms with Crippen molar-refractivity contribution in [3.63, 3.8) is 0 Å². The van der Waals surface area contributed by atoms with E-state index in [4.69, 9.17) is 10.5 Å². The predicted molar refractivity (Wildman–Crippen MR) is 65.4 cm³/mol. The van der Waals surface area contributed by atoms with Gasteiger partial charge in [-0.2, -0.15) is 5.10 Å². The highest BCUT2D eigenvalue weighted by molar-refractivity contribution is 5.75. The van der Waals surface area contributed by atoms with E-state index in [0.717, 1.165) is 0 Å². The quantitative estimate of drug-likeness (QED) is 0.778. The van der Waals surface area contributed by atoms with Crippen LogP contribution in [0, 0.1) is 0 Å². The zero-order chi connectivity index (χ0) is 12.8. The first-order valence-electron chi connectivity index (χ1n) is 5.63. The molecule has 17 heavy (non-hydrogen) atoms. The molecule has 1 amide bonds. The highest BCUT2D eigenvalue weighted by atomic mass is 16.5. The Morgan fingerprint density at radius 1 is 1.65 bits per heavy atom. The second kappa shape index (κ2) is 6.24. The average molecular weight is 240 g/mol. The van der Waals surface area contributed by atoms with Gasteiger partial charge < -0.3 is 15.4 Å². The summed E-state index contributed by atoms with van der Waals surface area (Å²) < 4.78 is 6.91. The van der Waals surface area contributed by atoms with Gasteiger partial charge in [0.25, 0.3) is 0 Å². The molecule has 1 rings (SSSR count).